The first-order valence-corrected chi connectivity index (χ1v) is 14.6. The predicted octanol–water partition coefficient (Wildman–Crippen LogP) is 4.20. The van der Waals surface area contributed by atoms with Crippen LogP contribution in [-0.2, 0) is 14.9 Å². The van der Waals surface area contributed by atoms with Crippen LogP contribution in [0.5, 0.6) is 0 Å². The fourth-order valence-electron chi connectivity index (χ4n) is 8.72. The topological polar surface area (TPSA) is 104 Å². The highest BCUT2D eigenvalue weighted by Crippen LogP contribution is 2.67. The summed E-state index contributed by atoms with van der Waals surface area (Å²) in [6.07, 6.45) is 13.8. The van der Waals surface area contributed by atoms with E-state index in [1.54, 1.807) is 0 Å². The van der Waals surface area contributed by atoms with Crippen LogP contribution in [0.3, 0.4) is 0 Å². The third-order valence-electron chi connectivity index (χ3n) is 10.5. The van der Waals surface area contributed by atoms with Crippen molar-refractivity contribution in [3.8, 4) is 0 Å². The van der Waals surface area contributed by atoms with E-state index in [0.29, 0.717) is 47.3 Å². The highest BCUT2D eigenvalue weighted by molar-refractivity contribution is 7.85. The molecule has 7 heteroatoms. The van der Waals surface area contributed by atoms with Crippen molar-refractivity contribution in [2.45, 2.75) is 84.7 Å². The summed E-state index contributed by atoms with van der Waals surface area (Å²) in [6.45, 7) is 6.97. The highest BCUT2D eigenvalue weighted by atomic mass is 32.2. The van der Waals surface area contributed by atoms with Gasteiger partial charge >= 0.3 is 0 Å². The smallest absolute Gasteiger partial charge is 0.266 e. The molecule has 3 saturated carbocycles. The van der Waals surface area contributed by atoms with Gasteiger partial charge in [0.25, 0.3) is 10.1 Å². The second kappa shape index (κ2) is 9.27. The second-order valence-corrected chi connectivity index (χ2v) is 13.6. The Balaban J connectivity index is 1.40. The Bertz CT molecular complexity index is 872. The fourth-order valence-corrected chi connectivity index (χ4v) is 9.08. The molecule has 4 aliphatic carbocycles. The average molecular weight is 482 g/mol. The monoisotopic (exact) mass is 481 g/mol. The van der Waals surface area contributed by atoms with Crippen molar-refractivity contribution < 1.29 is 22.9 Å². The number of hydrogen-bond acceptors (Lipinski definition) is 4. The molecule has 0 aromatic carbocycles. The number of amides is 1. The fraction of sp³-hybridized carbons (Fsp3) is 0.885. The number of carbonyl (C=O) groups is 1. The van der Waals surface area contributed by atoms with Crippen LogP contribution in [0.2, 0.25) is 0 Å². The van der Waals surface area contributed by atoms with Gasteiger partial charge in [-0.05, 0) is 97.7 Å². The normalized spacial score (nSPS) is 43.3. The lowest BCUT2D eigenvalue weighted by molar-refractivity contribution is -0.158. The molecule has 9 unspecified atom stereocenters. The van der Waals surface area contributed by atoms with Crippen LogP contribution in [0.4, 0.5) is 0 Å². The molecule has 0 saturated heterocycles. The summed E-state index contributed by atoms with van der Waals surface area (Å²) in [5, 5.41) is 14.2. The maximum atomic E-state index is 12.2. The van der Waals surface area contributed by atoms with Crippen molar-refractivity contribution in [1.82, 2.24) is 5.32 Å². The van der Waals surface area contributed by atoms with Crippen molar-refractivity contribution >= 4 is 16.0 Å². The molecule has 4 rings (SSSR count). The molecule has 0 aromatic rings. The van der Waals surface area contributed by atoms with Gasteiger partial charge < -0.3 is 10.4 Å². The van der Waals surface area contributed by atoms with Crippen LogP contribution >= 0.6 is 0 Å². The van der Waals surface area contributed by atoms with E-state index in [2.05, 4.69) is 38.2 Å². The first-order valence-electron chi connectivity index (χ1n) is 13.0. The maximum Gasteiger partial charge on any atom is 0.266 e. The lowest BCUT2D eigenvalue weighted by atomic mass is 9.44. The Morgan fingerprint density at radius 1 is 1.18 bits per heavy atom. The Morgan fingerprint density at radius 2 is 1.94 bits per heavy atom. The van der Waals surface area contributed by atoms with E-state index < -0.39 is 15.9 Å². The van der Waals surface area contributed by atoms with Gasteiger partial charge in [-0.2, -0.15) is 8.42 Å². The Morgan fingerprint density at radius 3 is 2.67 bits per heavy atom. The molecule has 4 aliphatic rings. The highest BCUT2D eigenvalue weighted by Gasteiger charge is 2.63. The van der Waals surface area contributed by atoms with Gasteiger partial charge in [0.1, 0.15) is 0 Å². The van der Waals surface area contributed by atoms with Crippen molar-refractivity contribution in [3.05, 3.63) is 12.2 Å². The number of aliphatic hydroxyl groups is 1. The number of aliphatic hydroxyl groups excluding tert-OH is 1. The van der Waals surface area contributed by atoms with Gasteiger partial charge in [0.05, 0.1) is 11.9 Å². The van der Waals surface area contributed by atoms with Crippen LogP contribution < -0.4 is 5.32 Å². The number of allylic oxidation sites excluding steroid dienone is 2. The summed E-state index contributed by atoms with van der Waals surface area (Å²) in [6, 6.07) is 0. The van der Waals surface area contributed by atoms with Crippen LogP contribution in [0, 0.1) is 46.3 Å². The van der Waals surface area contributed by atoms with E-state index in [-0.39, 0.29) is 24.0 Å². The molecule has 3 fully saturated rings. The Hall–Kier alpha value is -0.920. The zero-order valence-corrected chi connectivity index (χ0v) is 21.3. The molecule has 0 heterocycles. The number of nitrogens with one attached hydrogen (secondary N) is 1. The quantitative estimate of drug-likeness (QED) is 0.373. The maximum absolute atomic E-state index is 12.2. The molecular formula is C26H43NO5S. The van der Waals surface area contributed by atoms with Crippen molar-refractivity contribution in [2.24, 2.45) is 46.3 Å². The molecule has 0 aliphatic heterocycles. The van der Waals surface area contributed by atoms with Crippen molar-refractivity contribution in [3.63, 3.8) is 0 Å². The molecule has 0 aromatic heterocycles. The largest absolute Gasteiger partial charge is 0.393 e. The zero-order chi connectivity index (χ0) is 24.0. The Kier molecular flexibility index (Phi) is 7.07. The molecule has 9 atom stereocenters. The molecule has 0 spiro atoms. The molecule has 0 bridgehead atoms. The first kappa shape index (κ1) is 25.2. The van der Waals surface area contributed by atoms with E-state index >= 15 is 0 Å². The van der Waals surface area contributed by atoms with E-state index in [1.807, 2.05) is 0 Å². The number of hydrogen-bond donors (Lipinski definition) is 3. The van der Waals surface area contributed by atoms with Gasteiger partial charge in [-0.15, -0.1) is 0 Å². The van der Waals surface area contributed by atoms with Crippen LogP contribution in [-0.4, -0.2) is 42.4 Å². The summed E-state index contributed by atoms with van der Waals surface area (Å²) in [5.74, 6) is 2.63. The summed E-state index contributed by atoms with van der Waals surface area (Å²) in [7, 11) is -4.06. The van der Waals surface area contributed by atoms with Gasteiger partial charge in [-0.3, -0.25) is 9.35 Å². The van der Waals surface area contributed by atoms with Gasteiger partial charge in [0, 0.05) is 13.0 Å². The molecule has 188 valence electrons. The number of carbonyl (C=O) groups excluding carboxylic acids is 1. The van der Waals surface area contributed by atoms with Crippen molar-refractivity contribution in [1.29, 1.82) is 0 Å². The third kappa shape index (κ3) is 4.66. The van der Waals surface area contributed by atoms with Crippen LogP contribution in [0.25, 0.3) is 0 Å². The minimum atomic E-state index is -4.06. The number of fused-ring (bicyclic) bond motifs is 5. The minimum absolute atomic E-state index is 0.0635. The molecule has 1 amide bonds. The summed E-state index contributed by atoms with van der Waals surface area (Å²) >= 11 is 0. The minimum Gasteiger partial charge on any atom is -0.393 e. The molecule has 0 radical (unpaired) electrons. The van der Waals surface area contributed by atoms with Crippen LogP contribution in [0.15, 0.2) is 12.2 Å². The SMILES string of the molecule is CC(CCC(=O)NCCS(=O)(=O)O)C1CCC2C3CCC4C=CCCC4(C)C3CC(O)C12C. The zero-order valence-electron chi connectivity index (χ0n) is 20.5. The molecule has 3 N–H and O–H groups in total. The lowest BCUT2D eigenvalue weighted by Gasteiger charge is -2.61. The standard InChI is InChI=1S/C26H43NO5S/c1-17(7-12-24(29)27-14-15-33(30,31)32)20-10-11-21-19-9-8-18-6-4-5-13-25(18,2)22(19)16-23(28)26(20,21)3/h4,6,17-23,28H,5,7-16H2,1-3H3,(H,27,29)(H,30,31,32). The summed E-state index contributed by atoms with van der Waals surface area (Å²) < 4.78 is 30.5. The van der Waals surface area contributed by atoms with Crippen LogP contribution in [0.1, 0.15) is 78.6 Å². The molecular weight excluding hydrogens is 438 g/mol. The molecule has 33 heavy (non-hydrogen) atoms. The molecule has 6 nitrogen and oxygen atoms in total. The van der Waals surface area contributed by atoms with Gasteiger partial charge in [-0.25, -0.2) is 0 Å². The van der Waals surface area contributed by atoms with Gasteiger partial charge in [0.2, 0.25) is 5.91 Å². The third-order valence-corrected chi connectivity index (χ3v) is 11.3. The first-order chi connectivity index (χ1) is 15.5. The Labute approximate surface area is 199 Å². The second-order valence-electron chi connectivity index (χ2n) is 12.0. The van der Waals surface area contributed by atoms with Gasteiger partial charge in [0.15, 0.2) is 0 Å². The predicted molar refractivity (Wildman–Crippen MR) is 129 cm³/mol. The average Bonchev–Trinajstić information content (AvgIpc) is 3.10. The summed E-state index contributed by atoms with van der Waals surface area (Å²) in [5.41, 5.74) is 0.236. The summed E-state index contributed by atoms with van der Waals surface area (Å²) in [4.78, 5) is 12.2. The van der Waals surface area contributed by atoms with E-state index in [0.717, 1.165) is 19.3 Å². The lowest BCUT2D eigenvalue weighted by Crippen LogP contribution is -2.57. The van der Waals surface area contributed by atoms with E-state index in [4.69, 9.17) is 4.55 Å². The van der Waals surface area contributed by atoms with E-state index in [1.165, 1.54) is 32.1 Å². The van der Waals surface area contributed by atoms with Crippen molar-refractivity contribution in [2.75, 3.05) is 12.3 Å². The number of rotatable bonds is 7. The van der Waals surface area contributed by atoms with Gasteiger partial charge in [-0.1, -0.05) is 32.9 Å². The van der Waals surface area contributed by atoms with E-state index in [9.17, 15) is 18.3 Å².